The van der Waals surface area contributed by atoms with Crippen LogP contribution >= 0.6 is 15.9 Å². The molecule has 0 atom stereocenters. The van der Waals surface area contributed by atoms with Crippen molar-refractivity contribution < 1.29 is 19.0 Å². The topological polar surface area (TPSA) is 69.2 Å². The molecule has 0 unspecified atom stereocenters. The molecule has 0 radical (unpaired) electrons. The van der Waals surface area contributed by atoms with Crippen LogP contribution in [0.4, 0.5) is 0 Å². The third-order valence-corrected chi connectivity index (χ3v) is 3.96. The molecule has 1 amide bonds. The summed E-state index contributed by atoms with van der Waals surface area (Å²) in [5.74, 6) is 1.21. The van der Waals surface area contributed by atoms with Crippen molar-refractivity contribution >= 4 is 28.1 Å². The van der Waals surface area contributed by atoms with Gasteiger partial charge in [-0.2, -0.15) is 5.10 Å². The van der Waals surface area contributed by atoms with Crippen molar-refractivity contribution in [2.24, 2.45) is 5.10 Å². The first-order valence-corrected chi connectivity index (χ1v) is 9.16. The Hall–Kier alpha value is -3.06. The standard InChI is InChI=1S/C21H21BrN2O4/c1-4-10-27-18-9-7-16(22)13-17(18)21(25)24-23-14-15-6-8-19(28-11-5-2)20(12-15)26-3/h4-9,12-14H,1-2,10-11H2,3H3,(H,24,25)/b23-14+. The van der Waals surface area contributed by atoms with Crippen LogP contribution in [-0.4, -0.2) is 32.4 Å². The van der Waals surface area contributed by atoms with E-state index < -0.39 is 5.91 Å². The lowest BCUT2D eigenvalue weighted by Gasteiger charge is -2.10. The fraction of sp³-hybridized carbons (Fsp3) is 0.143. The number of benzene rings is 2. The third-order valence-electron chi connectivity index (χ3n) is 3.47. The maximum Gasteiger partial charge on any atom is 0.275 e. The first-order valence-electron chi connectivity index (χ1n) is 8.37. The number of ether oxygens (including phenoxy) is 3. The summed E-state index contributed by atoms with van der Waals surface area (Å²) in [6.07, 6.45) is 4.77. The van der Waals surface area contributed by atoms with Crippen LogP contribution < -0.4 is 19.6 Å². The first kappa shape index (κ1) is 21.2. The van der Waals surface area contributed by atoms with Crippen molar-refractivity contribution in [3.63, 3.8) is 0 Å². The Morgan fingerprint density at radius 2 is 1.75 bits per heavy atom. The zero-order chi connectivity index (χ0) is 20.4. The highest BCUT2D eigenvalue weighted by atomic mass is 79.9. The minimum Gasteiger partial charge on any atom is -0.493 e. The predicted octanol–water partition coefficient (Wildman–Crippen LogP) is 4.35. The van der Waals surface area contributed by atoms with E-state index in [1.54, 1.807) is 55.7 Å². The van der Waals surface area contributed by atoms with E-state index in [0.29, 0.717) is 36.0 Å². The fourth-order valence-corrected chi connectivity index (χ4v) is 2.57. The molecule has 2 aromatic rings. The number of rotatable bonds is 10. The first-order chi connectivity index (χ1) is 13.6. The molecule has 28 heavy (non-hydrogen) atoms. The number of amides is 1. The summed E-state index contributed by atoms with van der Waals surface area (Å²) in [7, 11) is 1.55. The van der Waals surface area contributed by atoms with Gasteiger partial charge in [-0.15, -0.1) is 0 Å². The highest BCUT2D eigenvalue weighted by Crippen LogP contribution is 2.27. The summed E-state index contributed by atoms with van der Waals surface area (Å²) in [5.41, 5.74) is 3.59. The molecule has 146 valence electrons. The van der Waals surface area contributed by atoms with Gasteiger partial charge in [0, 0.05) is 4.47 Å². The summed E-state index contributed by atoms with van der Waals surface area (Å²) < 4.78 is 17.1. The monoisotopic (exact) mass is 444 g/mol. The molecule has 0 bridgehead atoms. The Morgan fingerprint density at radius 1 is 1.07 bits per heavy atom. The SMILES string of the molecule is C=CCOc1ccc(/C=N/NC(=O)c2cc(Br)ccc2OCC=C)cc1OC. The molecule has 0 saturated heterocycles. The molecule has 1 N–H and O–H groups in total. The van der Waals surface area contributed by atoms with E-state index in [9.17, 15) is 4.79 Å². The lowest BCUT2D eigenvalue weighted by molar-refractivity contribution is 0.0951. The highest BCUT2D eigenvalue weighted by molar-refractivity contribution is 9.10. The Bertz CT molecular complexity index is 881. The van der Waals surface area contributed by atoms with E-state index in [4.69, 9.17) is 14.2 Å². The van der Waals surface area contributed by atoms with E-state index in [2.05, 4.69) is 39.6 Å². The van der Waals surface area contributed by atoms with Crippen molar-refractivity contribution in [2.45, 2.75) is 0 Å². The number of carbonyl (C=O) groups excluding carboxylic acids is 1. The second-order valence-corrected chi connectivity index (χ2v) is 6.36. The molecular formula is C21H21BrN2O4. The Balaban J connectivity index is 2.10. The smallest absolute Gasteiger partial charge is 0.275 e. The molecule has 0 aliphatic rings. The van der Waals surface area contributed by atoms with E-state index in [1.165, 1.54) is 6.21 Å². The minimum absolute atomic E-state index is 0.297. The van der Waals surface area contributed by atoms with Crippen molar-refractivity contribution in [1.29, 1.82) is 0 Å². The van der Waals surface area contributed by atoms with Gasteiger partial charge in [0.1, 0.15) is 19.0 Å². The molecule has 0 saturated carbocycles. The lowest BCUT2D eigenvalue weighted by atomic mass is 10.2. The van der Waals surface area contributed by atoms with Crippen molar-refractivity contribution in [3.05, 3.63) is 77.3 Å². The molecule has 0 aromatic heterocycles. The predicted molar refractivity (Wildman–Crippen MR) is 114 cm³/mol. The van der Waals surface area contributed by atoms with Gasteiger partial charge in [0.25, 0.3) is 5.91 Å². The van der Waals surface area contributed by atoms with E-state index in [1.807, 2.05) is 0 Å². The van der Waals surface area contributed by atoms with Crippen LogP contribution in [0, 0.1) is 0 Å². The van der Waals surface area contributed by atoms with Crippen LogP contribution in [0.3, 0.4) is 0 Å². The summed E-state index contributed by atoms with van der Waals surface area (Å²) >= 11 is 3.35. The molecule has 7 heteroatoms. The molecule has 6 nitrogen and oxygen atoms in total. The normalized spacial score (nSPS) is 10.4. The average molecular weight is 445 g/mol. The van der Waals surface area contributed by atoms with Crippen LogP contribution in [0.5, 0.6) is 17.2 Å². The van der Waals surface area contributed by atoms with Crippen molar-refractivity contribution in [3.8, 4) is 17.2 Å². The zero-order valence-electron chi connectivity index (χ0n) is 15.5. The summed E-state index contributed by atoms with van der Waals surface area (Å²) in [5, 5.41) is 4.01. The van der Waals surface area contributed by atoms with Gasteiger partial charge in [0.05, 0.1) is 18.9 Å². The number of halogens is 1. The van der Waals surface area contributed by atoms with E-state index in [-0.39, 0.29) is 0 Å². The second-order valence-electron chi connectivity index (χ2n) is 5.45. The largest absolute Gasteiger partial charge is 0.493 e. The lowest BCUT2D eigenvalue weighted by Crippen LogP contribution is -2.19. The van der Waals surface area contributed by atoms with Gasteiger partial charge in [-0.3, -0.25) is 4.79 Å². The minimum atomic E-state index is -0.394. The van der Waals surface area contributed by atoms with Gasteiger partial charge in [0.15, 0.2) is 11.5 Å². The number of nitrogens with zero attached hydrogens (tertiary/aromatic N) is 1. The fourth-order valence-electron chi connectivity index (χ4n) is 2.21. The molecule has 0 heterocycles. The molecule has 0 fully saturated rings. The summed E-state index contributed by atoms with van der Waals surface area (Å²) in [6.45, 7) is 7.89. The molecule has 2 rings (SSSR count). The highest BCUT2D eigenvalue weighted by Gasteiger charge is 2.12. The molecule has 0 aliphatic carbocycles. The Kier molecular flexibility index (Phi) is 8.30. The van der Waals surface area contributed by atoms with Crippen LogP contribution in [-0.2, 0) is 0 Å². The molecular weight excluding hydrogens is 424 g/mol. The number of nitrogens with one attached hydrogen (secondary N) is 1. The zero-order valence-corrected chi connectivity index (χ0v) is 17.1. The average Bonchev–Trinajstić information content (AvgIpc) is 2.71. The van der Waals surface area contributed by atoms with Crippen LogP contribution in [0.15, 0.2) is 71.3 Å². The Morgan fingerprint density at radius 3 is 2.43 bits per heavy atom. The van der Waals surface area contributed by atoms with E-state index in [0.717, 1.165) is 10.0 Å². The van der Waals surface area contributed by atoms with Gasteiger partial charge in [-0.05, 0) is 42.0 Å². The Labute approximate surface area is 172 Å². The van der Waals surface area contributed by atoms with Gasteiger partial charge in [0.2, 0.25) is 0 Å². The van der Waals surface area contributed by atoms with Crippen LogP contribution in [0.1, 0.15) is 15.9 Å². The number of carbonyl (C=O) groups is 1. The number of hydrazone groups is 1. The summed E-state index contributed by atoms with van der Waals surface area (Å²) in [4.78, 5) is 12.5. The number of hydrogen-bond acceptors (Lipinski definition) is 5. The maximum atomic E-state index is 12.5. The molecule has 0 aliphatic heterocycles. The van der Waals surface area contributed by atoms with Crippen molar-refractivity contribution in [1.82, 2.24) is 5.43 Å². The molecule has 0 spiro atoms. The summed E-state index contributed by atoms with van der Waals surface area (Å²) in [6, 6.07) is 10.5. The van der Waals surface area contributed by atoms with Crippen molar-refractivity contribution in [2.75, 3.05) is 20.3 Å². The van der Waals surface area contributed by atoms with Gasteiger partial charge >= 0.3 is 0 Å². The number of hydrogen-bond donors (Lipinski definition) is 1. The van der Waals surface area contributed by atoms with Crippen LogP contribution in [0.25, 0.3) is 0 Å². The van der Waals surface area contributed by atoms with Gasteiger partial charge in [-0.25, -0.2) is 5.43 Å². The maximum absolute atomic E-state index is 12.5. The van der Waals surface area contributed by atoms with Gasteiger partial charge in [-0.1, -0.05) is 41.2 Å². The number of methoxy groups -OCH3 is 1. The quantitative estimate of drug-likeness (QED) is 0.336. The van der Waals surface area contributed by atoms with E-state index >= 15 is 0 Å². The van der Waals surface area contributed by atoms with Crippen LogP contribution in [0.2, 0.25) is 0 Å². The third kappa shape index (κ3) is 5.99. The molecule has 2 aromatic carbocycles. The second kappa shape index (κ2) is 10.9. The van der Waals surface area contributed by atoms with Gasteiger partial charge < -0.3 is 14.2 Å².